The van der Waals surface area contributed by atoms with E-state index in [1.54, 1.807) is 0 Å². The Labute approximate surface area is 167 Å². The molecule has 7 heteroatoms. The number of piperidine rings is 1. The van der Waals surface area contributed by atoms with E-state index in [2.05, 4.69) is 48.1 Å². The summed E-state index contributed by atoms with van der Waals surface area (Å²) in [5.74, 6) is 2.50. The Morgan fingerprint density at radius 1 is 1.15 bits per heavy atom. The molecule has 0 spiro atoms. The number of hydrogen-bond donors (Lipinski definition) is 2. The number of hydrogen-bond acceptors (Lipinski definition) is 5. The number of rotatable bonds is 6. The molecule has 2 N–H and O–H groups in total. The Morgan fingerprint density at radius 2 is 1.96 bits per heavy atom. The lowest BCUT2D eigenvalue weighted by Crippen LogP contribution is -2.31. The van der Waals surface area contributed by atoms with Gasteiger partial charge in [0.15, 0.2) is 0 Å². The minimum absolute atomic E-state index is 0.0572. The molecular formula is C19H24IN5O. The number of carbonyl (C=O) groups is 1. The molecule has 138 valence electrons. The van der Waals surface area contributed by atoms with E-state index in [4.69, 9.17) is 0 Å². The van der Waals surface area contributed by atoms with Crippen LogP contribution >= 0.6 is 22.6 Å². The highest BCUT2D eigenvalue weighted by atomic mass is 127. The minimum atomic E-state index is -0.0572. The average Bonchev–Trinajstić information content (AvgIpc) is 2.65. The van der Waals surface area contributed by atoms with Gasteiger partial charge in [0.2, 0.25) is 0 Å². The largest absolute Gasteiger partial charge is 0.368 e. The van der Waals surface area contributed by atoms with E-state index in [9.17, 15) is 4.79 Å². The summed E-state index contributed by atoms with van der Waals surface area (Å²) in [6.45, 7) is 5.18. The minimum Gasteiger partial charge on any atom is -0.368 e. The number of aryl methyl sites for hydroxylation is 1. The highest BCUT2D eigenvalue weighted by molar-refractivity contribution is 14.1. The highest BCUT2D eigenvalue weighted by Gasteiger charge is 2.13. The summed E-state index contributed by atoms with van der Waals surface area (Å²) in [5, 5.41) is 6.22. The van der Waals surface area contributed by atoms with E-state index in [-0.39, 0.29) is 5.91 Å². The lowest BCUT2D eigenvalue weighted by Gasteiger charge is -2.28. The van der Waals surface area contributed by atoms with E-state index in [0.717, 1.165) is 34.1 Å². The number of aromatic nitrogens is 2. The maximum atomic E-state index is 12.1. The SMILES string of the molecule is Cc1nc(NCCNC(=O)c2cccc(I)c2)cc(N2CCCCC2)n1. The van der Waals surface area contributed by atoms with Crippen LogP contribution in [0.1, 0.15) is 35.4 Å². The van der Waals surface area contributed by atoms with Gasteiger partial charge >= 0.3 is 0 Å². The van der Waals surface area contributed by atoms with Gasteiger partial charge in [0.1, 0.15) is 17.5 Å². The summed E-state index contributed by atoms with van der Waals surface area (Å²) >= 11 is 2.21. The molecule has 1 saturated heterocycles. The molecule has 0 bridgehead atoms. The first kappa shape index (κ1) is 18.9. The third-order valence-electron chi connectivity index (χ3n) is 4.31. The van der Waals surface area contributed by atoms with E-state index < -0.39 is 0 Å². The van der Waals surface area contributed by atoms with Gasteiger partial charge in [0, 0.05) is 41.4 Å². The number of halogens is 1. The summed E-state index contributed by atoms with van der Waals surface area (Å²) < 4.78 is 1.05. The van der Waals surface area contributed by atoms with Gasteiger partial charge in [0.05, 0.1) is 0 Å². The number of amides is 1. The predicted molar refractivity (Wildman–Crippen MR) is 113 cm³/mol. The normalized spacial score (nSPS) is 14.2. The van der Waals surface area contributed by atoms with Gasteiger partial charge in [-0.1, -0.05) is 6.07 Å². The quantitative estimate of drug-likeness (QED) is 0.507. The maximum Gasteiger partial charge on any atom is 0.251 e. The molecule has 0 atom stereocenters. The standard InChI is InChI=1S/C19H24IN5O/c1-14-23-17(13-18(24-14)25-10-3-2-4-11-25)21-8-9-22-19(26)15-6-5-7-16(20)12-15/h5-7,12-13H,2-4,8-11H2,1H3,(H,22,26)(H,21,23,24). The molecule has 1 aliphatic rings. The molecule has 0 saturated carbocycles. The molecule has 0 aliphatic carbocycles. The zero-order valence-corrected chi connectivity index (χ0v) is 17.1. The average molecular weight is 465 g/mol. The van der Waals surface area contributed by atoms with Crippen molar-refractivity contribution in [3.63, 3.8) is 0 Å². The van der Waals surface area contributed by atoms with E-state index in [1.165, 1.54) is 19.3 Å². The second-order valence-corrected chi connectivity index (χ2v) is 7.64. The first-order valence-corrected chi connectivity index (χ1v) is 10.1. The van der Waals surface area contributed by atoms with Crippen LogP contribution in [0, 0.1) is 10.5 Å². The molecular weight excluding hydrogens is 441 g/mol. The van der Waals surface area contributed by atoms with Crippen LogP contribution in [0.15, 0.2) is 30.3 Å². The molecule has 2 heterocycles. The topological polar surface area (TPSA) is 70.2 Å². The number of nitrogens with one attached hydrogen (secondary N) is 2. The zero-order chi connectivity index (χ0) is 18.4. The van der Waals surface area contributed by atoms with Gasteiger partial charge in [-0.15, -0.1) is 0 Å². The van der Waals surface area contributed by atoms with Crippen molar-refractivity contribution in [1.82, 2.24) is 15.3 Å². The molecule has 26 heavy (non-hydrogen) atoms. The lowest BCUT2D eigenvalue weighted by molar-refractivity contribution is 0.0955. The fraction of sp³-hybridized carbons (Fsp3) is 0.421. The van der Waals surface area contributed by atoms with Crippen molar-refractivity contribution in [2.45, 2.75) is 26.2 Å². The number of carbonyl (C=O) groups excluding carboxylic acids is 1. The summed E-state index contributed by atoms with van der Waals surface area (Å²) in [6.07, 6.45) is 3.73. The second kappa shape index (κ2) is 9.16. The van der Waals surface area contributed by atoms with Crippen molar-refractivity contribution in [1.29, 1.82) is 0 Å². The fourth-order valence-corrected chi connectivity index (χ4v) is 3.57. The van der Waals surface area contributed by atoms with Crippen molar-refractivity contribution >= 4 is 40.1 Å². The van der Waals surface area contributed by atoms with Crippen LogP contribution in [0.5, 0.6) is 0 Å². The summed E-state index contributed by atoms with van der Waals surface area (Å²) in [7, 11) is 0. The van der Waals surface area contributed by atoms with E-state index >= 15 is 0 Å². The second-order valence-electron chi connectivity index (χ2n) is 6.40. The summed E-state index contributed by atoms with van der Waals surface area (Å²) in [4.78, 5) is 23.5. The van der Waals surface area contributed by atoms with Gasteiger partial charge in [-0.25, -0.2) is 9.97 Å². The molecule has 1 fully saturated rings. The maximum absolute atomic E-state index is 12.1. The molecule has 1 aromatic heterocycles. The van der Waals surface area contributed by atoms with Crippen molar-refractivity contribution in [3.05, 3.63) is 45.3 Å². The summed E-state index contributed by atoms with van der Waals surface area (Å²) in [5.41, 5.74) is 0.683. The number of benzene rings is 1. The first-order chi connectivity index (χ1) is 12.6. The van der Waals surface area contributed by atoms with Gasteiger partial charge in [0.25, 0.3) is 5.91 Å². The number of nitrogens with zero attached hydrogens (tertiary/aromatic N) is 3. The van der Waals surface area contributed by atoms with Crippen LogP contribution in [0.3, 0.4) is 0 Å². The van der Waals surface area contributed by atoms with Gasteiger partial charge in [-0.05, 0) is 67.0 Å². The molecule has 1 amide bonds. The molecule has 6 nitrogen and oxygen atoms in total. The van der Waals surface area contributed by atoms with Crippen LogP contribution in [0.2, 0.25) is 0 Å². The summed E-state index contributed by atoms with van der Waals surface area (Å²) in [6, 6.07) is 9.56. The predicted octanol–water partition coefficient (Wildman–Crippen LogP) is 3.22. The Bertz CT molecular complexity index is 761. The molecule has 0 unspecified atom stereocenters. The van der Waals surface area contributed by atoms with E-state index in [1.807, 2.05) is 37.3 Å². The van der Waals surface area contributed by atoms with Crippen LogP contribution in [0.4, 0.5) is 11.6 Å². The Hall–Kier alpha value is -1.90. The van der Waals surface area contributed by atoms with Crippen molar-refractivity contribution in [2.24, 2.45) is 0 Å². The smallest absolute Gasteiger partial charge is 0.251 e. The highest BCUT2D eigenvalue weighted by Crippen LogP contribution is 2.20. The third kappa shape index (κ3) is 5.30. The van der Waals surface area contributed by atoms with Gasteiger partial charge < -0.3 is 15.5 Å². The van der Waals surface area contributed by atoms with Crippen LogP contribution < -0.4 is 15.5 Å². The molecule has 1 aliphatic heterocycles. The van der Waals surface area contributed by atoms with Gasteiger partial charge in [-0.3, -0.25) is 4.79 Å². The monoisotopic (exact) mass is 465 g/mol. The lowest BCUT2D eigenvalue weighted by atomic mass is 10.1. The van der Waals surface area contributed by atoms with E-state index in [0.29, 0.717) is 18.7 Å². The van der Waals surface area contributed by atoms with Crippen LogP contribution in [-0.2, 0) is 0 Å². The van der Waals surface area contributed by atoms with Crippen molar-refractivity contribution in [3.8, 4) is 0 Å². The fourth-order valence-electron chi connectivity index (χ4n) is 3.03. The zero-order valence-electron chi connectivity index (χ0n) is 15.0. The Morgan fingerprint density at radius 3 is 2.73 bits per heavy atom. The molecule has 0 radical (unpaired) electrons. The molecule has 2 aromatic rings. The first-order valence-electron chi connectivity index (χ1n) is 9.00. The van der Waals surface area contributed by atoms with Gasteiger partial charge in [-0.2, -0.15) is 0 Å². The molecule has 1 aromatic carbocycles. The number of anilines is 2. The van der Waals surface area contributed by atoms with Crippen LogP contribution in [0.25, 0.3) is 0 Å². The Kier molecular flexibility index (Phi) is 6.65. The van der Waals surface area contributed by atoms with Crippen molar-refractivity contribution < 1.29 is 4.79 Å². The third-order valence-corrected chi connectivity index (χ3v) is 4.98. The molecule has 3 rings (SSSR count). The Balaban J connectivity index is 1.51. The van der Waals surface area contributed by atoms with Crippen molar-refractivity contribution in [2.75, 3.05) is 36.4 Å². The van der Waals surface area contributed by atoms with Crippen LogP contribution in [-0.4, -0.2) is 42.1 Å².